The van der Waals surface area contributed by atoms with Crippen molar-refractivity contribution in [1.82, 2.24) is 5.32 Å². The molecule has 5 nitrogen and oxygen atoms in total. The van der Waals surface area contributed by atoms with Crippen LogP contribution in [0.1, 0.15) is 46.0 Å². The van der Waals surface area contributed by atoms with Gasteiger partial charge in [-0.15, -0.1) is 0 Å². The summed E-state index contributed by atoms with van der Waals surface area (Å²) in [6.45, 7) is 4.26. The third-order valence-electron chi connectivity index (χ3n) is 3.14. The molecule has 6 heteroatoms. The first-order valence-electron chi connectivity index (χ1n) is 6.52. The fraction of sp³-hybridized carbons (Fsp3) is 0.917. The molecule has 1 aliphatic rings. The molecule has 18 heavy (non-hydrogen) atoms. The van der Waals surface area contributed by atoms with E-state index in [0.717, 1.165) is 25.7 Å². The van der Waals surface area contributed by atoms with E-state index in [-0.39, 0.29) is 11.5 Å². The highest BCUT2D eigenvalue weighted by atomic mass is 32.2. The van der Waals surface area contributed by atoms with Crippen molar-refractivity contribution in [1.29, 1.82) is 0 Å². The zero-order chi connectivity index (χ0) is 13.6. The van der Waals surface area contributed by atoms with E-state index in [2.05, 4.69) is 12.2 Å². The first-order valence-corrected chi connectivity index (χ1v) is 8.34. The van der Waals surface area contributed by atoms with Gasteiger partial charge in [-0.3, -0.25) is 0 Å². The summed E-state index contributed by atoms with van der Waals surface area (Å²) >= 11 is 0. The highest BCUT2D eigenvalue weighted by Crippen LogP contribution is 2.22. The van der Waals surface area contributed by atoms with Crippen LogP contribution in [0.3, 0.4) is 0 Å². The Labute approximate surface area is 109 Å². The molecule has 106 valence electrons. The van der Waals surface area contributed by atoms with Gasteiger partial charge in [0, 0.05) is 0 Å². The minimum atomic E-state index is -3.00. The number of rotatable bonds is 6. The Morgan fingerprint density at radius 2 is 2.06 bits per heavy atom. The Morgan fingerprint density at radius 1 is 1.33 bits per heavy atom. The Morgan fingerprint density at radius 3 is 2.61 bits per heavy atom. The molecule has 1 heterocycles. The lowest BCUT2D eigenvalue weighted by molar-refractivity contribution is 0.134. The number of carbonyl (C=O) groups excluding carboxylic acids is 1. The highest BCUT2D eigenvalue weighted by molar-refractivity contribution is 7.91. The van der Waals surface area contributed by atoms with Crippen molar-refractivity contribution in [2.24, 2.45) is 0 Å². The van der Waals surface area contributed by atoms with E-state index in [4.69, 9.17) is 4.74 Å². The van der Waals surface area contributed by atoms with Gasteiger partial charge in [-0.25, -0.2) is 13.2 Å². The molecule has 0 aromatic carbocycles. The van der Waals surface area contributed by atoms with Crippen LogP contribution in [0.5, 0.6) is 0 Å². The quantitative estimate of drug-likeness (QED) is 0.752. The summed E-state index contributed by atoms with van der Waals surface area (Å²) < 4.78 is 27.8. The number of alkyl carbamates (subject to hydrolysis) is 1. The minimum Gasteiger partial charge on any atom is -0.450 e. The van der Waals surface area contributed by atoms with Gasteiger partial charge in [-0.05, 0) is 19.8 Å². The molecule has 0 aromatic rings. The molecule has 1 saturated heterocycles. The topological polar surface area (TPSA) is 72.5 Å². The average Bonchev–Trinajstić information content (AvgIpc) is 2.52. The molecule has 0 radical (unpaired) electrons. The van der Waals surface area contributed by atoms with Gasteiger partial charge < -0.3 is 10.1 Å². The normalized spacial score (nSPS) is 25.9. The number of unbranched alkanes of at least 4 members (excludes halogenated alkanes) is 3. The summed E-state index contributed by atoms with van der Waals surface area (Å²) in [5.74, 6) is 0.144. The van der Waals surface area contributed by atoms with Gasteiger partial charge >= 0.3 is 6.09 Å². The first-order chi connectivity index (χ1) is 8.37. The van der Waals surface area contributed by atoms with Crippen LogP contribution in [-0.2, 0) is 14.6 Å². The number of carbonyl (C=O) groups is 1. The van der Waals surface area contributed by atoms with Gasteiger partial charge in [0.1, 0.15) is 0 Å². The molecule has 0 spiro atoms. The molecule has 1 atom stereocenters. The van der Waals surface area contributed by atoms with Crippen LogP contribution in [0.4, 0.5) is 4.79 Å². The number of hydrogen-bond acceptors (Lipinski definition) is 4. The van der Waals surface area contributed by atoms with Crippen molar-refractivity contribution in [2.45, 2.75) is 51.5 Å². The van der Waals surface area contributed by atoms with Crippen LogP contribution < -0.4 is 5.32 Å². The van der Waals surface area contributed by atoms with E-state index < -0.39 is 21.5 Å². The van der Waals surface area contributed by atoms with Crippen molar-refractivity contribution in [3.8, 4) is 0 Å². The zero-order valence-electron chi connectivity index (χ0n) is 11.2. The summed E-state index contributed by atoms with van der Waals surface area (Å²) in [6, 6.07) is 0. The fourth-order valence-electron chi connectivity index (χ4n) is 2.09. The molecular formula is C12H23NO4S. The molecule has 1 aliphatic heterocycles. The smallest absolute Gasteiger partial charge is 0.407 e. The highest BCUT2D eigenvalue weighted by Gasteiger charge is 2.39. The van der Waals surface area contributed by atoms with E-state index in [1.165, 1.54) is 0 Å². The van der Waals surface area contributed by atoms with Crippen LogP contribution >= 0.6 is 0 Å². The Bertz CT molecular complexity index is 380. The number of ether oxygens (including phenoxy) is 1. The summed E-state index contributed by atoms with van der Waals surface area (Å²) in [5.41, 5.74) is -0.667. The first kappa shape index (κ1) is 15.3. The molecule has 1 unspecified atom stereocenters. The predicted molar refractivity (Wildman–Crippen MR) is 70.3 cm³/mol. The Kier molecular flexibility index (Phi) is 5.44. The number of hydrogen-bond donors (Lipinski definition) is 1. The standard InChI is InChI=1S/C12H23NO4S/c1-3-4-5-6-8-17-11(14)13-12(2)7-9-18(15,16)10-12/h3-10H2,1-2H3,(H,13,14). The molecule has 1 amide bonds. The maximum absolute atomic E-state index is 11.5. The van der Waals surface area contributed by atoms with Crippen LogP contribution in [-0.4, -0.2) is 38.2 Å². The third-order valence-corrected chi connectivity index (χ3v) is 5.04. The second kappa shape index (κ2) is 6.41. The van der Waals surface area contributed by atoms with Gasteiger partial charge in [0.05, 0.1) is 23.7 Å². The van der Waals surface area contributed by atoms with Crippen LogP contribution in [0.15, 0.2) is 0 Å². The second-order valence-corrected chi connectivity index (χ2v) is 7.41. The lowest BCUT2D eigenvalue weighted by atomic mass is 10.0. The summed E-state index contributed by atoms with van der Waals surface area (Å²) in [6.07, 6.45) is 4.14. The molecule has 1 fully saturated rings. The summed E-state index contributed by atoms with van der Waals surface area (Å²) in [7, 11) is -3.00. The number of amides is 1. The SMILES string of the molecule is CCCCCCOC(=O)NC1(C)CCS(=O)(=O)C1. The number of sulfone groups is 1. The largest absolute Gasteiger partial charge is 0.450 e. The van der Waals surface area contributed by atoms with Crippen molar-refractivity contribution in [3.05, 3.63) is 0 Å². The molecule has 1 N–H and O–H groups in total. The van der Waals surface area contributed by atoms with Crippen molar-refractivity contribution < 1.29 is 17.9 Å². The monoisotopic (exact) mass is 277 g/mol. The molecular weight excluding hydrogens is 254 g/mol. The van der Waals surface area contributed by atoms with Crippen LogP contribution in [0.2, 0.25) is 0 Å². The van der Waals surface area contributed by atoms with Gasteiger partial charge in [-0.2, -0.15) is 0 Å². The van der Waals surface area contributed by atoms with Crippen LogP contribution in [0.25, 0.3) is 0 Å². The molecule has 0 aromatic heterocycles. The van der Waals surface area contributed by atoms with Crippen molar-refractivity contribution >= 4 is 15.9 Å². The van der Waals surface area contributed by atoms with Crippen molar-refractivity contribution in [2.75, 3.05) is 18.1 Å². The van der Waals surface area contributed by atoms with E-state index >= 15 is 0 Å². The lowest BCUT2D eigenvalue weighted by Gasteiger charge is -2.23. The predicted octanol–water partition coefficient (Wildman–Crippen LogP) is 1.87. The fourth-order valence-corrected chi connectivity index (χ4v) is 4.18. The second-order valence-electron chi connectivity index (χ2n) is 5.22. The van der Waals surface area contributed by atoms with Gasteiger partial charge in [0.2, 0.25) is 0 Å². The molecule has 0 saturated carbocycles. The maximum atomic E-state index is 11.5. The van der Waals surface area contributed by atoms with E-state index in [1.54, 1.807) is 6.92 Å². The van der Waals surface area contributed by atoms with E-state index in [0.29, 0.717) is 13.0 Å². The van der Waals surface area contributed by atoms with Crippen molar-refractivity contribution in [3.63, 3.8) is 0 Å². The van der Waals surface area contributed by atoms with Crippen LogP contribution in [0, 0.1) is 0 Å². The maximum Gasteiger partial charge on any atom is 0.407 e. The Hall–Kier alpha value is -0.780. The lowest BCUT2D eigenvalue weighted by Crippen LogP contribution is -2.47. The zero-order valence-corrected chi connectivity index (χ0v) is 12.0. The number of nitrogens with one attached hydrogen (secondary N) is 1. The van der Waals surface area contributed by atoms with Gasteiger partial charge in [0.15, 0.2) is 9.84 Å². The summed E-state index contributed by atoms with van der Waals surface area (Å²) in [5, 5.41) is 2.66. The minimum absolute atomic E-state index is 0.00490. The molecule has 0 bridgehead atoms. The summed E-state index contributed by atoms with van der Waals surface area (Å²) in [4.78, 5) is 11.5. The molecule has 0 aliphatic carbocycles. The van der Waals surface area contributed by atoms with E-state index in [9.17, 15) is 13.2 Å². The Balaban J connectivity index is 2.24. The third kappa shape index (κ3) is 5.25. The average molecular weight is 277 g/mol. The van der Waals surface area contributed by atoms with Gasteiger partial charge in [0.25, 0.3) is 0 Å². The van der Waals surface area contributed by atoms with E-state index in [1.807, 2.05) is 0 Å². The molecule has 1 rings (SSSR count). The van der Waals surface area contributed by atoms with Gasteiger partial charge in [-0.1, -0.05) is 26.2 Å².